The molecule has 0 amide bonds. The van der Waals surface area contributed by atoms with Crippen molar-refractivity contribution in [3.8, 4) is 5.75 Å². The van der Waals surface area contributed by atoms with E-state index in [1.54, 1.807) is 4.57 Å². The topological polar surface area (TPSA) is 130 Å². The van der Waals surface area contributed by atoms with E-state index in [4.69, 9.17) is 15.2 Å². The van der Waals surface area contributed by atoms with Crippen LogP contribution in [0.4, 0.5) is 0 Å². The van der Waals surface area contributed by atoms with E-state index in [-0.39, 0.29) is 0 Å². The zero-order valence-corrected chi connectivity index (χ0v) is 18.7. The van der Waals surface area contributed by atoms with Gasteiger partial charge in [0, 0.05) is 11.6 Å². The molecule has 1 aliphatic rings. The molecular weight excluding hydrogens is 424 g/mol. The molecule has 5 atom stereocenters. The van der Waals surface area contributed by atoms with Gasteiger partial charge in [0.2, 0.25) is 0 Å². The van der Waals surface area contributed by atoms with Crippen molar-refractivity contribution in [1.29, 1.82) is 0 Å². The number of ether oxygens (including phenoxy) is 2. The molecule has 3 aromatic rings. The number of aliphatic hydroxyl groups excluding tert-OH is 4. The lowest BCUT2D eigenvalue weighted by molar-refractivity contribution is -0.250. The van der Waals surface area contributed by atoms with E-state index in [0.717, 1.165) is 39.8 Å². The van der Waals surface area contributed by atoms with Gasteiger partial charge >= 0.3 is 0 Å². The van der Waals surface area contributed by atoms with Crippen molar-refractivity contribution >= 4 is 10.9 Å². The molecule has 1 saturated heterocycles. The fraction of sp³-hybridized carbons (Fsp3) is 0.440. The second kappa shape index (κ2) is 10.2. The normalized spacial score (nSPS) is 25.5. The maximum Gasteiger partial charge on any atom is 0.163 e. The Balaban J connectivity index is 1.65. The summed E-state index contributed by atoms with van der Waals surface area (Å²) in [7, 11) is 0. The summed E-state index contributed by atoms with van der Waals surface area (Å²) in [6.07, 6.45) is -2.73. The zero-order valence-electron chi connectivity index (χ0n) is 18.7. The van der Waals surface area contributed by atoms with Crippen molar-refractivity contribution < 1.29 is 29.9 Å². The quantitative estimate of drug-likeness (QED) is 0.322. The number of aryl methyl sites for hydroxylation is 1. The van der Waals surface area contributed by atoms with Crippen LogP contribution in [-0.4, -0.2) is 69.2 Å². The lowest BCUT2D eigenvalue weighted by Gasteiger charge is -2.40. The number of para-hydroxylation sites is 1. The third-order valence-electron chi connectivity index (χ3n) is 6.21. The lowest BCUT2D eigenvalue weighted by Crippen LogP contribution is -2.56. The van der Waals surface area contributed by atoms with E-state index in [2.05, 4.69) is 0 Å². The summed E-state index contributed by atoms with van der Waals surface area (Å²) in [5, 5.41) is 41.7. The average molecular weight is 457 g/mol. The Morgan fingerprint density at radius 3 is 2.48 bits per heavy atom. The number of hydrogen-bond donors (Lipinski definition) is 5. The largest absolute Gasteiger partial charge is 0.494 e. The molecular formula is C25H32N2O6. The van der Waals surface area contributed by atoms with Crippen molar-refractivity contribution in [3.05, 3.63) is 65.4 Å². The van der Waals surface area contributed by atoms with Gasteiger partial charge in [-0.25, -0.2) is 0 Å². The van der Waals surface area contributed by atoms with Crippen LogP contribution in [0.15, 0.2) is 48.7 Å². The first-order chi connectivity index (χ1) is 15.9. The van der Waals surface area contributed by atoms with E-state index < -0.39 is 37.3 Å². The van der Waals surface area contributed by atoms with E-state index in [1.807, 2.05) is 55.6 Å². The second-order valence-corrected chi connectivity index (χ2v) is 8.56. The Morgan fingerprint density at radius 1 is 1.03 bits per heavy atom. The summed E-state index contributed by atoms with van der Waals surface area (Å²) in [6, 6.07) is 13.9. The highest BCUT2D eigenvalue weighted by molar-refractivity contribution is 5.87. The van der Waals surface area contributed by atoms with Crippen LogP contribution in [0.2, 0.25) is 0 Å². The molecule has 6 N–H and O–H groups in total. The van der Waals surface area contributed by atoms with Crippen molar-refractivity contribution in [2.75, 3.05) is 19.8 Å². The molecule has 1 aliphatic heterocycles. The standard InChI is InChI=1S/C25H32N2O6/c1-15-4-2-5-19-17(12-16-6-8-18(9-7-16)32-11-3-10-26)13-27(21(15)19)25-24(31)23(30)22(29)20(14-28)33-25/h2,4-9,13,20,22-25,28-31H,3,10-12,14,26H2,1H3/t20-,22-,23+,24-,25-/m1/s1. The first-order valence-corrected chi connectivity index (χ1v) is 11.3. The Bertz CT molecular complexity index is 1060. The summed E-state index contributed by atoms with van der Waals surface area (Å²) in [6.45, 7) is 2.68. The smallest absolute Gasteiger partial charge is 0.163 e. The van der Waals surface area contributed by atoms with Gasteiger partial charge in [-0.2, -0.15) is 0 Å². The molecule has 0 spiro atoms. The van der Waals surface area contributed by atoms with Crippen molar-refractivity contribution in [1.82, 2.24) is 4.57 Å². The third kappa shape index (κ3) is 4.77. The highest BCUT2D eigenvalue weighted by Gasteiger charge is 2.44. The summed E-state index contributed by atoms with van der Waals surface area (Å²) >= 11 is 0. The predicted octanol–water partition coefficient (Wildman–Crippen LogP) is 1.24. The van der Waals surface area contributed by atoms with E-state index in [0.29, 0.717) is 19.6 Å². The van der Waals surface area contributed by atoms with Gasteiger partial charge in [0.05, 0.1) is 18.7 Å². The first-order valence-electron chi connectivity index (χ1n) is 11.3. The van der Waals surface area contributed by atoms with Crippen LogP contribution in [0.3, 0.4) is 0 Å². The SMILES string of the molecule is Cc1cccc2c(Cc3ccc(OCCCN)cc3)cn([C@@H]3O[C@H](CO)[C@@H](O)[C@H](O)[C@H]3O)c12. The maximum atomic E-state index is 10.7. The molecule has 2 aromatic carbocycles. The number of nitrogens with zero attached hydrogens (tertiary/aromatic N) is 1. The monoisotopic (exact) mass is 456 g/mol. The number of nitrogens with two attached hydrogens (primary N) is 1. The minimum Gasteiger partial charge on any atom is -0.494 e. The summed E-state index contributed by atoms with van der Waals surface area (Å²) in [4.78, 5) is 0. The fourth-order valence-electron chi connectivity index (χ4n) is 4.41. The van der Waals surface area contributed by atoms with Crippen LogP contribution in [0.5, 0.6) is 5.75 Å². The van der Waals surface area contributed by atoms with Crippen molar-refractivity contribution in [3.63, 3.8) is 0 Å². The number of rotatable bonds is 8. The number of aliphatic hydroxyl groups is 4. The molecule has 178 valence electrons. The highest BCUT2D eigenvalue weighted by atomic mass is 16.6. The average Bonchev–Trinajstić information content (AvgIpc) is 3.18. The van der Waals surface area contributed by atoms with Crippen LogP contribution in [-0.2, 0) is 11.2 Å². The molecule has 0 bridgehead atoms. The van der Waals surface area contributed by atoms with Crippen LogP contribution in [0, 0.1) is 6.92 Å². The summed E-state index contributed by atoms with van der Waals surface area (Å²) in [5.74, 6) is 0.798. The van der Waals surface area contributed by atoms with Gasteiger partial charge in [0.15, 0.2) is 6.23 Å². The van der Waals surface area contributed by atoms with Gasteiger partial charge in [0.25, 0.3) is 0 Å². The van der Waals surface area contributed by atoms with Gasteiger partial charge in [-0.05, 0) is 55.1 Å². The van der Waals surface area contributed by atoms with E-state index in [1.165, 1.54) is 0 Å². The Hall–Kier alpha value is -2.46. The molecule has 1 fully saturated rings. The maximum absolute atomic E-state index is 10.7. The van der Waals surface area contributed by atoms with Gasteiger partial charge in [-0.3, -0.25) is 0 Å². The lowest BCUT2D eigenvalue weighted by atomic mass is 9.98. The Kier molecular flexibility index (Phi) is 7.33. The van der Waals surface area contributed by atoms with Gasteiger partial charge in [0.1, 0.15) is 30.2 Å². The summed E-state index contributed by atoms with van der Waals surface area (Å²) < 4.78 is 13.3. The molecule has 33 heavy (non-hydrogen) atoms. The minimum absolute atomic E-state index is 0.466. The van der Waals surface area contributed by atoms with Crippen LogP contribution < -0.4 is 10.5 Å². The number of fused-ring (bicyclic) bond motifs is 1. The molecule has 2 heterocycles. The first kappa shape index (κ1) is 23.7. The number of aromatic nitrogens is 1. The molecule has 0 unspecified atom stereocenters. The summed E-state index contributed by atoms with van der Waals surface area (Å²) in [5.41, 5.74) is 9.49. The van der Waals surface area contributed by atoms with E-state index in [9.17, 15) is 20.4 Å². The van der Waals surface area contributed by atoms with Crippen LogP contribution >= 0.6 is 0 Å². The zero-order chi connectivity index (χ0) is 23.5. The molecule has 1 aromatic heterocycles. The van der Waals surface area contributed by atoms with Gasteiger partial charge < -0.3 is 40.2 Å². The second-order valence-electron chi connectivity index (χ2n) is 8.56. The van der Waals surface area contributed by atoms with Gasteiger partial charge in [-0.15, -0.1) is 0 Å². The van der Waals surface area contributed by atoms with Crippen LogP contribution in [0.25, 0.3) is 10.9 Å². The molecule has 0 saturated carbocycles. The highest BCUT2D eigenvalue weighted by Crippen LogP contribution is 2.35. The fourth-order valence-corrected chi connectivity index (χ4v) is 4.41. The third-order valence-corrected chi connectivity index (χ3v) is 6.21. The Labute approximate surface area is 192 Å². The van der Waals surface area contributed by atoms with Crippen LogP contribution in [0.1, 0.15) is 29.3 Å². The number of benzene rings is 2. The predicted molar refractivity (Wildman–Crippen MR) is 124 cm³/mol. The minimum atomic E-state index is -1.43. The molecule has 0 radical (unpaired) electrons. The van der Waals surface area contributed by atoms with Gasteiger partial charge in [-0.1, -0.05) is 30.3 Å². The van der Waals surface area contributed by atoms with Crippen molar-refractivity contribution in [2.24, 2.45) is 5.73 Å². The number of hydrogen-bond acceptors (Lipinski definition) is 7. The van der Waals surface area contributed by atoms with E-state index >= 15 is 0 Å². The molecule has 8 nitrogen and oxygen atoms in total. The molecule has 4 rings (SSSR count). The van der Waals surface area contributed by atoms with Crippen molar-refractivity contribution in [2.45, 2.75) is 50.4 Å². The molecule has 0 aliphatic carbocycles. The Morgan fingerprint density at radius 2 is 1.79 bits per heavy atom. The molecule has 8 heteroatoms.